The average molecular weight is 247 g/mol. The van der Waals surface area contributed by atoms with Crippen molar-refractivity contribution in [3.63, 3.8) is 0 Å². The molecule has 88 valence electrons. The third-order valence-corrected chi connectivity index (χ3v) is 2.89. The van der Waals surface area contributed by atoms with Gasteiger partial charge in [-0.1, -0.05) is 0 Å². The van der Waals surface area contributed by atoms with Gasteiger partial charge in [-0.15, -0.1) is 11.8 Å². The molecule has 0 aliphatic heterocycles. The SMILES string of the molecule is CSc1ccc(Nc2cncc(NN)n2)cc1. The molecule has 1 aromatic heterocycles. The Hall–Kier alpha value is -1.79. The van der Waals surface area contributed by atoms with E-state index in [1.54, 1.807) is 24.2 Å². The lowest BCUT2D eigenvalue weighted by Crippen LogP contribution is -2.09. The Morgan fingerprint density at radius 2 is 1.82 bits per heavy atom. The van der Waals surface area contributed by atoms with Gasteiger partial charge in [0.25, 0.3) is 0 Å². The van der Waals surface area contributed by atoms with Crippen LogP contribution in [0.5, 0.6) is 0 Å². The standard InChI is InChI=1S/C11H13N5S/c1-17-9-4-2-8(3-5-9)14-10-6-13-7-11(15-10)16-12/h2-7H,12H2,1H3,(H2,14,15,16). The van der Waals surface area contributed by atoms with E-state index in [4.69, 9.17) is 5.84 Å². The first-order chi connectivity index (χ1) is 8.31. The van der Waals surface area contributed by atoms with Gasteiger partial charge in [0.2, 0.25) is 0 Å². The van der Waals surface area contributed by atoms with Crippen molar-refractivity contribution in [1.29, 1.82) is 0 Å². The minimum absolute atomic E-state index is 0.524. The zero-order chi connectivity index (χ0) is 12.1. The number of nitrogens with zero attached hydrogens (tertiary/aromatic N) is 2. The third-order valence-electron chi connectivity index (χ3n) is 2.14. The molecule has 0 saturated carbocycles. The molecule has 0 unspecified atom stereocenters. The molecule has 0 atom stereocenters. The second-order valence-electron chi connectivity index (χ2n) is 3.29. The van der Waals surface area contributed by atoms with Crippen LogP contribution in [0, 0.1) is 0 Å². The van der Waals surface area contributed by atoms with Crippen molar-refractivity contribution in [1.82, 2.24) is 9.97 Å². The van der Waals surface area contributed by atoms with E-state index in [0.717, 1.165) is 5.69 Å². The lowest BCUT2D eigenvalue weighted by Gasteiger charge is -2.07. The molecule has 2 rings (SSSR count). The average Bonchev–Trinajstić information content (AvgIpc) is 2.40. The molecule has 4 N–H and O–H groups in total. The molecule has 0 bridgehead atoms. The van der Waals surface area contributed by atoms with E-state index in [2.05, 4.69) is 20.7 Å². The highest BCUT2D eigenvalue weighted by Crippen LogP contribution is 2.20. The topological polar surface area (TPSA) is 75.9 Å². The summed E-state index contributed by atoms with van der Waals surface area (Å²) < 4.78 is 0. The van der Waals surface area contributed by atoms with Gasteiger partial charge >= 0.3 is 0 Å². The van der Waals surface area contributed by atoms with E-state index in [1.165, 1.54) is 4.90 Å². The summed E-state index contributed by atoms with van der Waals surface area (Å²) in [4.78, 5) is 9.45. The molecule has 1 heterocycles. The van der Waals surface area contributed by atoms with Crippen LogP contribution < -0.4 is 16.6 Å². The molecule has 0 saturated heterocycles. The van der Waals surface area contributed by atoms with Gasteiger partial charge in [-0.25, -0.2) is 10.8 Å². The zero-order valence-electron chi connectivity index (χ0n) is 9.34. The fraction of sp³-hybridized carbons (Fsp3) is 0.0909. The Morgan fingerprint density at radius 1 is 1.12 bits per heavy atom. The van der Waals surface area contributed by atoms with Crippen LogP contribution in [0.25, 0.3) is 0 Å². The molecular formula is C11H13N5S. The molecule has 0 amide bonds. The summed E-state index contributed by atoms with van der Waals surface area (Å²) in [6.45, 7) is 0. The third kappa shape index (κ3) is 3.08. The quantitative estimate of drug-likeness (QED) is 0.437. The van der Waals surface area contributed by atoms with Crippen LogP contribution in [0.1, 0.15) is 0 Å². The van der Waals surface area contributed by atoms with Gasteiger partial charge in [0.15, 0.2) is 11.6 Å². The highest BCUT2D eigenvalue weighted by Gasteiger charge is 1.98. The van der Waals surface area contributed by atoms with E-state index in [0.29, 0.717) is 11.6 Å². The van der Waals surface area contributed by atoms with Crippen LogP contribution in [0.4, 0.5) is 17.3 Å². The van der Waals surface area contributed by atoms with Crippen molar-refractivity contribution in [3.05, 3.63) is 36.7 Å². The number of benzene rings is 1. The van der Waals surface area contributed by atoms with Crippen molar-refractivity contribution >= 4 is 29.1 Å². The Balaban J connectivity index is 2.13. The number of rotatable bonds is 4. The van der Waals surface area contributed by atoms with E-state index >= 15 is 0 Å². The van der Waals surface area contributed by atoms with Gasteiger partial charge in [-0.2, -0.15) is 0 Å². The fourth-order valence-electron chi connectivity index (χ4n) is 1.32. The fourth-order valence-corrected chi connectivity index (χ4v) is 1.73. The van der Waals surface area contributed by atoms with Gasteiger partial charge in [0.1, 0.15) is 0 Å². The summed E-state index contributed by atoms with van der Waals surface area (Å²) in [7, 11) is 0. The molecule has 1 aromatic carbocycles. The van der Waals surface area contributed by atoms with Crippen LogP contribution in [0.2, 0.25) is 0 Å². The monoisotopic (exact) mass is 247 g/mol. The molecule has 0 spiro atoms. The minimum Gasteiger partial charge on any atom is -0.339 e. The predicted octanol–water partition coefficient (Wildman–Crippen LogP) is 2.23. The number of nitrogens with two attached hydrogens (primary N) is 1. The van der Waals surface area contributed by atoms with Crippen molar-refractivity contribution in [2.24, 2.45) is 5.84 Å². The van der Waals surface area contributed by atoms with E-state index < -0.39 is 0 Å². The van der Waals surface area contributed by atoms with Crippen molar-refractivity contribution in [2.75, 3.05) is 17.0 Å². The Morgan fingerprint density at radius 3 is 2.47 bits per heavy atom. The summed E-state index contributed by atoms with van der Waals surface area (Å²) in [5.74, 6) is 6.44. The maximum absolute atomic E-state index is 5.27. The van der Waals surface area contributed by atoms with Gasteiger partial charge in [0.05, 0.1) is 12.4 Å². The number of hydrogen-bond acceptors (Lipinski definition) is 6. The van der Waals surface area contributed by atoms with Crippen LogP contribution >= 0.6 is 11.8 Å². The normalized spacial score (nSPS) is 10.0. The molecule has 0 fully saturated rings. The molecule has 2 aromatic rings. The summed E-state index contributed by atoms with van der Waals surface area (Å²) >= 11 is 1.71. The number of nitrogen functional groups attached to an aromatic ring is 1. The van der Waals surface area contributed by atoms with E-state index in [9.17, 15) is 0 Å². The number of hydrogen-bond donors (Lipinski definition) is 3. The number of thioether (sulfide) groups is 1. The Labute approximate surface area is 104 Å². The molecule has 6 heteroatoms. The predicted molar refractivity (Wildman–Crippen MR) is 71.3 cm³/mol. The van der Waals surface area contributed by atoms with Crippen molar-refractivity contribution < 1.29 is 0 Å². The van der Waals surface area contributed by atoms with Crippen LogP contribution in [-0.2, 0) is 0 Å². The van der Waals surface area contributed by atoms with Gasteiger partial charge in [0, 0.05) is 10.6 Å². The van der Waals surface area contributed by atoms with E-state index in [1.807, 2.05) is 30.5 Å². The molecule has 17 heavy (non-hydrogen) atoms. The van der Waals surface area contributed by atoms with Crippen molar-refractivity contribution in [3.8, 4) is 0 Å². The van der Waals surface area contributed by atoms with Crippen LogP contribution in [0.15, 0.2) is 41.6 Å². The molecule has 5 nitrogen and oxygen atoms in total. The maximum atomic E-state index is 5.27. The van der Waals surface area contributed by atoms with Crippen molar-refractivity contribution in [2.45, 2.75) is 4.90 Å². The highest BCUT2D eigenvalue weighted by molar-refractivity contribution is 7.98. The summed E-state index contributed by atoms with van der Waals surface area (Å²) in [5.41, 5.74) is 3.42. The maximum Gasteiger partial charge on any atom is 0.160 e. The first-order valence-electron chi connectivity index (χ1n) is 5.01. The summed E-state index contributed by atoms with van der Waals surface area (Å²) in [6, 6.07) is 8.09. The van der Waals surface area contributed by atoms with Gasteiger partial charge in [-0.3, -0.25) is 4.98 Å². The second-order valence-corrected chi connectivity index (χ2v) is 4.17. The second kappa shape index (κ2) is 5.51. The summed E-state index contributed by atoms with van der Waals surface area (Å²) in [5, 5.41) is 3.15. The van der Waals surface area contributed by atoms with Crippen LogP contribution in [0.3, 0.4) is 0 Å². The number of nitrogens with one attached hydrogen (secondary N) is 2. The highest BCUT2D eigenvalue weighted by atomic mass is 32.2. The Bertz CT molecular complexity index is 485. The lowest BCUT2D eigenvalue weighted by atomic mass is 10.3. The number of anilines is 3. The van der Waals surface area contributed by atoms with E-state index in [-0.39, 0.29) is 0 Å². The largest absolute Gasteiger partial charge is 0.339 e. The smallest absolute Gasteiger partial charge is 0.160 e. The first kappa shape index (κ1) is 11.7. The molecule has 0 aliphatic rings. The molecular weight excluding hydrogens is 234 g/mol. The molecule has 0 radical (unpaired) electrons. The summed E-state index contributed by atoms with van der Waals surface area (Å²) in [6.07, 6.45) is 5.25. The Kier molecular flexibility index (Phi) is 3.79. The molecule has 0 aliphatic carbocycles. The number of aromatic nitrogens is 2. The zero-order valence-corrected chi connectivity index (χ0v) is 10.2. The first-order valence-corrected chi connectivity index (χ1v) is 6.24. The minimum atomic E-state index is 0.524. The lowest BCUT2D eigenvalue weighted by molar-refractivity contribution is 1.16. The number of hydrazine groups is 1. The van der Waals surface area contributed by atoms with Crippen LogP contribution in [-0.4, -0.2) is 16.2 Å². The van der Waals surface area contributed by atoms with Gasteiger partial charge in [-0.05, 0) is 30.5 Å². The van der Waals surface area contributed by atoms with Gasteiger partial charge < -0.3 is 10.7 Å².